The Morgan fingerprint density at radius 1 is 1.29 bits per heavy atom. The molecule has 0 atom stereocenters. The van der Waals surface area contributed by atoms with Crippen molar-refractivity contribution in [3.05, 3.63) is 46.1 Å². The van der Waals surface area contributed by atoms with Crippen molar-refractivity contribution in [2.24, 2.45) is 0 Å². The van der Waals surface area contributed by atoms with E-state index in [4.69, 9.17) is 4.52 Å². The summed E-state index contributed by atoms with van der Waals surface area (Å²) in [5, 5.41) is 14.5. The van der Waals surface area contributed by atoms with E-state index in [0.717, 1.165) is 11.3 Å². The van der Waals surface area contributed by atoms with Crippen molar-refractivity contribution < 1.29 is 9.45 Å². The van der Waals surface area contributed by atoms with Crippen LogP contribution in [0.5, 0.6) is 0 Å². The highest BCUT2D eigenvalue weighted by molar-refractivity contribution is 5.59. The van der Waals surface area contributed by atoms with Gasteiger partial charge < -0.3 is 4.52 Å². The van der Waals surface area contributed by atoms with Gasteiger partial charge in [0, 0.05) is 29.7 Å². The van der Waals surface area contributed by atoms with Crippen LogP contribution in [0.2, 0.25) is 0 Å². The minimum absolute atomic E-state index is 0.0793. The molecule has 0 spiro atoms. The fraction of sp³-hybridized carbons (Fsp3) is 0.250. The number of rotatable bonds is 3. The van der Waals surface area contributed by atoms with Crippen LogP contribution in [0.25, 0.3) is 11.3 Å². The molecule has 0 aliphatic heterocycles. The van der Waals surface area contributed by atoms with E-state index in [1.165, 1.54) is 25.0 Å². The standard InChI is InChI=1S/C12H10N2O3/c15-14(16)10-5-3-9(4-6-10)12-7-11(13-17-12)8-1-2-8/h3-8H,1-2H2. The van der Waals surface area contributed by atoms with Crippen molar-refractivity contribution >= 4 is 5.69 Å². The first-order chi connectivity index (χ1) is 8.24. The number of benzene rings is 1. The topological polar surface area (TPSA) is 69.2 Å². The van der Waals surface area contributed by atoms with Crippen molar-refractivity contribution in [2.45, 2.75) is 18.8 Å². The molecule has 17 heavy (non-hydrogen) atoms. The first-order valence-electron chi connectivity index (χ1n) is 5.45. The van der Waals surface area contributed by atoms with Gasteiger partial charge in [0.15, 0.2) is 5.76 Å². The van der Waals surface area contributed by atoms with Gasteiger partial charge in [0.05, 0.1) is 10.6 Å². The molecular formula is C12H10N2O3. The van der Waals surface area contributed by atoms with Gasteiger partial charge in [-0.1, -0.05) is 5.16 Å². The van der Waals surface area contributed by atoms with Gasteiger partial charge in [-0.25, -0.2) is 0 Å². The smallest absolute Gasteiger partial charge is 0.269 e. The molecule has 1 aliphatic rings. The Kier molecular flexibility index (Phi) is 2.18. The van der Waals surface area contributed by atoms with E-state index in [1.807, 2.05) is 6.07 Å². The summed E-state index contributed by atoms with van der Waals surface area (Å²) in [6.07, 6.45) is 2.35. The Hall–Kier alpha value is -2.17. The third kappa shape index (κ3) is 1.91. The zero-order chi connectivity index (χ0) is 11.8. The maximum atomic E-state index is 10.5. The van der Waals surface area contributed by atoms with Crippen molar-refractivity contribution in [2.75, 3.05) is 0 Å². The van der Waals surface area contributed by atoms with Gasteiger partial charge in [0.1, 0.15) is 0 Å². The van der Waals surface area contributed by atoms with Crippen molar-refractivity contribution in [3.63, 3.8) is 0 Å². The zero-order valence-electron chi connectivity index (χ0n) is 9.00. The molecule has 0 amide bonds. The molecule has 0 unspecified atom stereocenters. The predicted molar refractivity (Wildman–Crippen MR) is 60.6 cm³/mol. The van der Waals surface area contributed by atoms with Crippen molar-refractivity contribution in [1.29, 1.82) is 0 Å². The summed E-state index contributed by atoms with van der Waals surface area (Å²) in [6.45, 7) is 0. The van der Waals surface area contributed by atoms with Gasteiger partial charge in [0.25, 0.3) is 5.69 Å². The molecule has 1 heterocycles. The summed E-state index contributed by atoms with van der Waals surface area (Å²) < 4.78 is 5.23. The van der Waals surface area contributed by atoms with Crippen LogP contribution >= 0.6 is 0 Å². The Labute approximate surface area is 97.2 Å². The van der Waals surface area contributed by atoms with E-state index in [9.17, 15) is 10.1 Å². The lowest BCUT2D eigenvalue weighted by Crippen LogP contribution is -1.86. The second kappa shape index (κ2) is 3.69. The molecule has 3 rings (SSSR count). The highest BCUT2D eigenvalue weighted by Crippen LogP contribution is 2.40. The second-order valence-corrected chi connectivity index (χ2v) is 4.19. The summed E-state index contributed by atoms with van der Waals surface area (Å²) in [7, 11) is 0. The van der Waals surface area contributed by atoms with Crippen LogP contribution in [-0.2, 0) is 0 Å². The Morgan fingerprint density at radius 3 is 2.59 bits per heavy atom. The van der Waals surface area contributed by atoms with Crippen LogP contribution in [0, 0.1) is 10.1 Å². The molecule has 1 aromatic carbocycles. The van der Waals surface area contributed by atoms with Crippen LogP contribution in [0.15, 0.2) is 34.9 Å². The van der Waals surface area contributed by atoms with E-state index in [1.54, 1.807) is 12.1 Å². The average molecular weight is 230 g/mol. The second-order valence-electron chi connectivity index (χ2n) is 4.19. The Morgan fingerprint density at radius 2 is 2.00 bits per heavy atom. The quantitative estimate of drug-likeness (QED) is 0.600. The number of hydrogen-bond acceptors (Lipinski definition) is 4. The molecule has 0 radical (unpaired) electrons. The van der Waals surface area contributed by atoms with Gasteiger partial charge in [-0.05, 0) is 25.0 Å². The minimum atomic E-state index is -0.417. The molecule has 5 nitrogen and oxygen atoms in total. The summed E-state index contributed by atoms with van der Waals surface area (Å²) in [6, 6.07) is 8.20. The maximum Gasteiger partial charge on any atom is 0.269 e. The highest BCUT2D eigenvalue weighted by Gasteiger charge is 2.27. The maximum absolute atomic E-state index is 10.5. The molecule has 5 heteroatoms. The summed E-state index contributed by atoms with van der Waals surface area (Å²) >= 11 is 0. The van der Waals surface area contributed by atoms with Gasteiger partial charge in [-0.15, -0.1) is 0 Å². The lowest BCUT2D eigenvalue weighted by atomic mass is 10.1. The van der Waals surface area contributed by atoms with Gasteiger partial charge in [-0.3, -0.25) is 10.1 Å². The first-order valence-corrected chi connectivity index (χ1v) is 5.45. The van der Waals surface area contributed by atoms with Crippen LogP contribution in [-0.4, -0.2) is 10.1 Å². The monoisotopic (exact) mass is 230 g/mol. The predicted octanol–water partition coefficient (Wildman–Crippen LogP) is 3.13. The van der Waals surface area contributed by atoms with E-state index in [2.05, 4.69) is 5.16 Å². The number of non-ortho nitro benzene ring substituents is 1. The molecule has 1 saturated carbocycles. The molecule has 0 N–H and O–H groups in total. The first kappa shape index (κ1) is 10.0. The van der Waals surface area contributed by atoms with Gasteiger partial charge in [-0.2, -0.15) is 0 Å². The molecule has 2 aromatic rings. The fourth-order valence-corrected chi connectivity index (χ4v) is 1.74. The number of nitro groups is 1. The molecule has 0 bridgehead atoms. The number of hydrogen-bond donors (Lipinski definition) is 0. The number of aromatic nitrogens is 1. The van der Waals surface area contributed by atoms with E-state index >= 15 is 0 Å². The summed E-state index contributed by atoms with van der Waals surface area (Å²) in [5.74, 6) is 1.22. The van der Waals surface area contributed by atoms with Crippen LogP contribution in [0.1, 0.15) is 24.5 Å². The minimum Gasteiger partial charge on any atom is -0.356 e. The lowest BCUT2D eigenvalue weighted by molar-refractivity contribution is -0.384. The lowest BCUT2D eigenvalue weighted by Gasteiger charge is -1.94. The zero-order valence-corrected chi connectivity index (χ0v) is 9.00. The Bertz CT molecular complexity index is 555. The third-order valence-electron chi connectivity index (χ3n) is 2.89. The van der Waals surface area contributed by atoms with E-state index in [0.29, 0.717) is 11.7 Å². The number of nitrogens with zero attached hydrogens (tertiary/aromatic N) is 2. The van der Waals surface area contributed by atoms with E-state index < -0.39 is 4.92 Å². The molecule has 86 valence electrons. The Balaban J connectivity index is 1.89. The largest absolute Gasteiger partial charge is 0.356 e. The third-order valence-corrected chi connectivity index (χ3v) is 2.89. The van der Waals surface area contributed by atoms with Crippen LogP contribution in [0.3, 0.4) is 0 Å². The molecule has 1 aromatic heterocycles. The van der Waals surface area contributed by atoms with E-state index in [-0.39, 0.29) is 5.69 Å². The van der Waals surface area contributed by atoms with Gasteiger partial charge >= 0.3 is 0 Å². The average Bonchev–Trinajstić information content (AvgIpc) is 3.07. The molecule has 1 aliphatic carbocycles. The fourth-order valence-electron chi connectivity index (χ4n) is 1.74. The normalized spacial score (nSPS) is 14.8. The number of nitro benzene ring substituents is 1. The van der Waals surface area contributed by atoms with Crippen molar-refractivity contribution in [3.8, 4) is 11.3 Å². The van der Waals surface area contributed by atoms with Crippen molar-refractivity contribution in [1.82, 2.24) is 5.16 Å². The van der Waals surface area contributed by atoms with Crippen LogP contribution < -0.4 is 0 Å². The summed E-state index contributed by atoms with van der Waals surface area (Å²) in [5.41, 5.74) is 1.88. The van der Waals surface area contributed by atoms with Crippen LogP contribution in [0.4, 0.5) is 5.69 Å². The molecule has 0 saturated heterocycles. The SMILES string of the molecule is O=[N+]([O-])c1ccc(-c2cc(C3CC3)no2)cc1. The molecular weight excluding hydrogens is 220 g/mol. The molecule has 1 fully saturated rings. The summed E-state index contributed by atoms with van der Waals surface area (Å²) in [4.78, 5) is 10.1. The highest BCUT2D eigenvalue weighted by atomic mass is 16.6. The van der Waals surface area contributed by atoms with Gasteiger partial charge in [0.2, 0.25) is 0 Å².